The Balaban J connectivity index is 2.03. The molecule has 6 heteroatoms. The molecule has 0 saturated heterocycles. The van der Waals surface area contributed by atoms with Crippen LogP contribution in [0.25, 0.3) is 22.7 Å². The van der Waals surface area contributed by atoms with Crippen molar-refractivity contribution in [1.82, 2.24) is 9.97 Å². The molecule has 2 aromatic heterocycles. The van der Waals surface area contributed by atoms with E-state index < -0.39 is 0 Å². The number of anilines is 1. The number of ether oxygens (including phenoxy) is 1. The SMILES string of the molecule is CCC(=O)Nc1cc(-c2nc3ncccc3o2)ccc1OC. The number of carbonyl (C=O) groups excluding carboxylic acids is 1. The Bertz CT molecular complexity index is 793. The van der Waals surface area contributed by atoms with Crippen molar-refractivity contribution in [3.63, 3.8) is 0 Å². The summed E-state index contributed by atoms with van der Waals surface area (Å²) in [6.45, 7) is 1.79. The number of fused-ring (bicyclic) bond motifs is 1. The van der Waals surface area contributed by atoms with E-state index in [2.05, 4.69) is 15.3 Å². The Kier molecular flexibility index (Phi) is 3.74. The fourth-order valence-corrected chi connectivity index (χ4v) is 2.07. The van der Waals surface area contributed by atoms with E-state index in [1.165, 1.54) is 0 Å². The van der Waals surface area contributed by atoms with Crippen molar-refractivity contribution in [3.05, 3.63) is 36.5 Å². The molecule has 0 aliphatic heterocycles. The highest BCUT2D eigenvalue weighted by Crippen LogP contribution is 2.31. The van der Waals surface area contributed by atoms with Gasteiger partial charge in [0.2, 0.25) is 11.8 Å². The number of aromatic nitrogens is 2. The zero-order chi connectivity index (χ0) is 15.5. The monoisotopic (exact) mass is 297 g/mol. The summed E-state index contributed by atoms with van der Waals surface area (Å²) in [6, 6.07) is 8.96. The molecule has 2 heterocycles. The van der Waals surface area contributed by atoms with E-state index in [0.717, 1.165) is 5.56 Å². The van der Waals surface area contributed by atoms with Crippen molar-refractivity contribution in [2.75, 3.05) is 12.4 Å². The van der Waals surface area contributed by atoms with Gasteiger partial charge in [0.1, 0.15) is 5.75 Å². The lowest BCUT2D eigenvalue weighted by molar-refractivity contribution is -0.115. The highest BCUT2D eigenvalue weighted by molar-refractivity contribution is 5.93. The summed E-state index contributed by atoms with van der Waals surface area (Å²) in [4.78, 5) is 20.1. The molecule has 3 aromatic rings. The topological polar surface area (TPSA) is 77.3 Å². The van der Waals surface area contributed by atoms with Crippen LogP contribution in [0.2, 0.25) is 0 Å². The highest BCUT2D eigenvalue weighted by atomic mass is 16.5. The molecule has 0 radical (unpaired) electrons. The number of hydrogen-bond donors (Lipinski definition) is 1. The lowest BCUT2D eigenvalue weighted by Gasteiger charge is -2.10. The zero-order valence-electron chi connectivity index (χ0n) is 12.3. The number of amides is 1. The largest absolute Gasteiger partial charge is 0.495 e. The van der Waals surface area contributed by atoms with E-state index in [1.54, 1.807) is 38.4 Å². The summed E-state index contributed by atoms with van der Waals surface area (Å²) in [6.07, 6.45) is 2.05. The molecule has 0 fully saturated rings. The second-order valence-electron chi connectivity index (χ2n) is 4.66. The Morgan fingerprint density at radius 2 is 2.23 bits per heavy atom. The number of benzene rings is 1. The molecular weight excluding hydrogens is 282 g/mol. The Morgan fingerprint density at radius 3 is 2.95 bits per heavy atom. The van der Waals surface area contributed by atoms with Crippen LogP contribution in [0.15, 0.2) is 40.9 Å². The maximum absolute atomic E-state index is 11.6. The van der Waals surface area contributed by atoms with Crippen LogP contribution >= 0.6 is 0 Å². The number of carbonyl (C=O) groups is 1. The molecule has 1 N–H and O–H groups in total. The van der Waals surface area contributed by atoms with Crippen LogP contribution in [0.1, 0.15) is 13.3 Å². The molecular formula is C16H15N3O3. The first-order valence-corrected chi connectivity index (χ1v) is 6.91. The van der Waals surface area contributed by atoms with Crippen LogP contribution in [0.5, 0.6) is 5.75 Å². The van der Waals surface area contributed by atoms with Crippen molar-refractivity contribution in [3.8, 4) is 17.2 Å². The fraction of sp³-hybridized carbons (Fsp3) is 0.188. The van der Waals surface area contributed by atoms with Gasteiger partial charge in [0.25, 0.3) is 0 Å². The van der Waals surface area contributed by atoms with E-state index in [9.17, 15) is 4.79 Å². The van der Waals surface area contributed by atoms with E-state index in [0.29, 0.717) is 35.0 Å². The molecule has 0 spiro atoms. The second-order valence-corrected chi connectivity index (χ2v) is 4.66. The molecule has 1 amide bonds. The first-order chi connectivity index (χ1) is 10.7. The molecule has 0 unspecified atom stereocenters. The summed E-state index contributed by atoms with van der Waals surface area (Å²) < 4.78 is 10.9. The Hall–Kier alpha value is -2.89. The molecule has 1 aromatic carbocycles. The summed E-state index contributed by atoms with van der Waals surface area (Å²) in [5.74, 6) is 0.942. The number of nitrogens with zero attached hydrogens (tertiary/aromatic N) is 2. The van der Waals surface area contributed by atoms with Gasteiger partial charge in [-0.25, -0.2) is 4.98 Å². The zero-order valence-corrected chi connectivity index (χ0v) is 12.3. The molecule has 0 aliphatic rings. The lowest BCUT2D eigenvalue weighted by atomic mass is 10.2. The van der Waals surface area contributed by atoms with Crippen LogP contribution in [0.3, 0.4) is 0 Å². The molecule has 0 aliphatic carbocycles. The van der Waals surface area contributed by atoms with Gasteiger partial charge in [0.15, 0.2) is 11.2 Å². The smallest absolute Gasteiger partial charge is 0.228 e. The van der Waals surface area contributed by atoms with Crippen LogP contribution in [0.4, 0.5) is 5.69 Å². The van der Waals surface area contributed by atoms with E-state index in [1.807, 2.05) is 12.1 Å². The standard InChI is InChI=1S/C16H15N3O3/c1-3-14(20)18-11-9-10(6-7-12(11)21-2)16-19-15-13(22-16)5-4-8-17-15/h4-9H,3H2,1-2H3,(H,18,20). The average molecular weight is 297 g/mol. The Labute approximate surface area is 127 Å². The summed E-state index contributed by atoms with van der Waals surface area (Å²) in [5.41, 5.74) is 2.49. The highest BCUT2D eigenvalue weighted by Gasteiger charge is 2.13. The number of oxazole rings is 1. The summed E-state index contributed by atoms with van der Waals surface area (Å²) in [5, 5.41) is 2.81. The third kappa shape index (κ3) is 2.63. The van der Waals surface area contributed by atoms with Gasteiger partial charge in [-0.3, -0.25) is 4.79 Å². The fourth-order valence-electron chi connectivity index (χ4n) is 2.07. The van der Waals surface area contributed by atoms with Crippen molar-refractivity contribution in [2.45, 2.75) is 13.3 Å². The van der Waals surface area contributed by atoms with E-state index in [-0.39, 0.29) is 5.91 Å². The average Bonchev–Trinajstić information content (AvgIpc) is 2.98. The minimum absolute atomic E-state index is 0.0883. The lowest BCUT2D eigenvalue weighted by Crippen LogP contribution is -2.10. The normalized spacial score (nSPS) is 10.6. The second kappa shape index (κ2) is 5.85. The molecule has 22 heavy (non-hydrogen) atoms. The summed E-state index contributed by atoms with van der Waals surface area (Å²) >= 11 is 0. The van der Waals surface area contributed by atoms with Crippen LogP contribution in [-0.2, 0) is 4.79 Å². The number of nitrogens with one attached hydrogen (secondary N) is 1. The third-order valence-electron chi connectivity index (χ3n) is 3.21. The van der Waals surface area contributed by atoms with Crippen LogP contribution < -0.4 is 10.1 Å². The van der Waals surface area contributed by atoms with Gasteiger partial charge in [0.05, 0.1) is 12.8 Å². The van der Waals surface area contributed by atoms with E-state index in [4.69, 9.17) is 9.15 Å². The van der Waals surface area contributed by atoms with Crippen molar-refractivity contribution >= 4 is 22.8 Å². The van der Waals surface area contributed by atoms with Gasteiger partial charge in [0, 0.05) is 18.2 Å². The maximum atomic E-state index is 11.6. The minimum Gasteiger partial charge on any atom is -0.495 e. The molecule has 0 bridgehead atoms. The minimum atomic E-state index is -0.0883. The molecule has 0 atom stereocenters. The predicted octanol–water partition coefficient (Wildman–Crippen LogP) is 3.25. The van der Waals surface area contributed by atoms with Gasteiger partial charge < -0.3 is 14.5 Å². The molecule has 0 saturated carbocycles. The quantitative estimate of drug-likeness (QED) is 0.800. The molecule has 3 rings (SSSR count). The number of methoxy groups -OCH3 is 1. The maximum Gasteiger partial charge on any atom is 0.228 e. The molecule has 6 nitrogen and oxygen atoms in total. The number of rotatable bonds is 4. The van der Waals surface area contributed by atoms with Gasteiger partial charge in [-0.05, 0) is 30.3 Å². The number of hydrogen-bond acceptors (Lipinski definition) is 5. The number of pyridine rings is 1. The van der Waals surface area contributed by atoms with E-state index >= 15 is 0 Å². The van der Waals surface area contributed by atoms with Gasteiger partial charge in [-0.1, -0.05) is 6.92 Å². The van der Waals surface area contributed by atoms with Crippen LogP contribution in [-0.4, -0.2) is 23.0 Å². The van der Waals surface area contributed by atoms with Crippen molar-refractivity contribution < 1.29 is 13.9 Å². The first kappa shape index (κ1) is 14.1. The van der Waals surface area contributed by atoms with Gasteiger partial charge >= 0.3 is 0 Å². The molecule has 112 valence electrons. The van der Waals surface area contributed by atoms with Crippen LogP contribution in [0, 0.1) is 0 Å². The predicted molar refractivity (Wildman–Crippen MR) is 82.7 cm³/mol. The first-order valence-electron chi connectivity index (χ1n) is 6.91. The van der Waals surface area contributed by atoms with Crippen molar-refractivity contribution in [2.24, 2.45) is 0 Å². The third-order valence-corrected chi connectivity index (χ3v) is 3.21. The Morgan fingerprint density at radius 1 is 1.36 bits per heavy atom. The summed E-state index contributed by atoms with van der Waals surface area (Å²) in [7, 11) is 1.56. The van der Waals surface area contributed by atoms with Crippen molar-refractivity contribution in [1.29, 1.82) is 0 Å². The van der Waals surface area contributed by atoms with Gasteiger partial charge in [-0.15, -0.1) is 0 Å². The van der Waals surface area contributed by atoms with Gasteiger partial charge in [-0.2, -0.15) is 4.98 Å².